The molecule has 1 atom stereocenters. The predicted molar refractivity (Wildman–Crippen MR) is 57.7 cm³/mol. The third kappa shape index (κ3) is 2.66. The van der Waals surface area contributed by atoms with Gasteiger partial charge in [0, 0.05) is 12.5 Å². The van der Waals surface area contributed by atoms with Gasteiger partial charge in [-0.1, -0.05) is 5.16 Å². The van der Waals surface area contributed by atoms with Crippen LogP contribution in [0.4, 0.5) is 0 Å². The lowest BCUT2D eigenvalue weighted by atomic mass is 9.95. The third-order valence-electron chi connectivity index (χ3n) is 3.01. The molecule has 2 heterocycles. The Morgan fingerprint density at radius 3 is 3.06 bits per heavy atom. The van der Waals surface area contributed by atoms with Gasteiger partial charge in [0.2, 0.25) is 5.89 Å². The summed E-state index contributed by atoms with van der Waals surface area (Å²) in [5.41, 5.74) is 0. The van der Waals surface area contributed by atoms with Crippen molar-refractivity contribution in [1.29, 1.82) is 0 Å². The normalized spacial score (nSPS) is 22.2. The summed E-state index contributed by atoms with van der Waals surface area (Å²) in [4.78, 5) is 17.7. The zero-order valence-corrected chi connectivity index (χ0v) is 9.77. The van der Waals surface area contributed by atoms with E-state index >= 15 is 0 Å². The van der Waals surface area contributed by atoms with Crippen molar-refractivity contribution in [2.24, 2.45) is 5.92 Å². The molecule has 0 radical (unpaired) electrons. The Morgan fingerprint density at radius 2 is 2.44 bits per heavy atom. The van der Waals surface area contributed by atoms with Crippen LogP contribution >= 0.6 is 0 Å². The quantitative estimate of drug-likeness (QED) is 0.770. The van der Waals surface area contributed by atoms with Gasteiger partial charge in [0.25, 0.3) is 0 Å². The fraction of sp³-hybridized carbons (Fsp3) is 0.727. The van der Waals surface area contributed by atoms with Crippen LogP contribution < -0.4 is 0 Å². The first-order valence-electron chi connectivity index (χ1n) is 5.67. The van der Waals surface area contributed by atoms with Crippen molar-refractivity contribution in [2.45, 2.75) is 33.2 Å². The van der Waals surface area contributed by atoms with Crippen molar-refractivity contribution in [3.63, 3.8) is 0 Å². The molecule has 1 saturated heterocycles. The maximum Gasteiger partial charge on any atom is 0.240 e. The summed E-state index contributed by atoms with van der Waals surface area (Å²) in [7, 11) is 0. The van der Waals surface area contributed by atoms with Crippen molar-refractivity contribution in [1.82, 2.24) is 15.0 Å². The highest BCUT2D eigenvalue weighted by atomic mass is 16.5. The van der Waals surface area contributed by atoms with Crippen LogP contribution in [-0.4, -0.2) is 33.9 Å². The highest BCUT2D eigenvalue weighted by Gasteiger charge is 2.24. The highest BCUT2D eigenvalue weighted by molar-refractivity contribution is 5.78. The largest absolute Gasteiger partial charge is 0.338 e. The van der Waals surface area contributed by atoms with Crippen molar-refractivity contribution < 1.29 is 9.32 Å². The van der Waals surface area contributed by atoms with E-state index in [4.69, 9.17) is 4.52 Å². The van der Waals surface area contributed by atoms with Crippen molar-refractivity contribution >= 4 is 5.78 Å². The second-order valence-electron chi connectivity index (χ2n) is 4.42. The number of ketones is 1. The smallest absolute Gasteiger partial charge is 0.240 e. The second kappa shape index (κ2) is 4.74. The molecule has 1 aromatic rings. The zero-order chi connectivity index (χ0) is 11.5. The Hall–Kier alpha value is -1.23. The summed E-state index contributed by atoms with van der Waals surface area (Å²) in [6.45, 7) is 5.96. The standard InChI is InChI=1S/C11H17N3O2/c1-8(15)10-4-3-5-14(6-10)7-11-12-9(2)13-16-11/h10H,3-7H2,1-2H3. The Morgan fingerprint density at radius 1 is 1.62 bits per heavy atom. The topological polar surface area (TPSA) is 59.2 Å². The molecule has 1 unspecified atom stereocenters. The number of aromatic nitrogens is 2. The second-order valence-corrected chi connectivity index (χ2v) is 4.42. The number of carbonyl (C=O) groups is 1. The molecule has 2 rings (SSSR count). The number of hydrogen-bond donors (Lipinski definition) is 0. The summed E-state index contributed by atoms with van der Waals surface area (Å²) < 4.78 is 5.08. The number of hydrogen-bond acceptors (Lipinski definition) is 5. The number of piperidine rings is 1. The van der Waals surface area contributed by atoms with Crippen LogP contribution in [0.15, 0.2) is 4.52 Å². The van der Waals surface area contributed by atoms with Gasteiger partial charge in [-0.05, 0) is 33.2 Å². The van der Waals surface area contributed by atoms with Crippen LogP contribution in [0.2, 0.25) is 0 Å². The first-order valence-corrected chi connectivity index (χ1v) is 5.67. The molecular formula is C11H17N3O2. The lowest BCUT2D eigenvalue weighted by Crippen LogP contribution is -2.37. The van der Waals surface area contributed by atoms with Crippen LogP contribution in [0.5, 0.6) is 0 Å². The minimum absolute atomic E-state index is 0.178. The van der Waals surface area contributed by atoms with E-state index in [9.17, 15) is 4.79 Å². The maximum atomic E-state index is 11.3. The molecule has 0 bridgehead atoms. The van der Waals surface area contributed by atoms with Gasteiger partial charge in [-0.2, -0.15) is 4.98 Å². The van der Waals surface area contributed by atoms with E-state index in [-0.39, 0.29) is 11.7 Å². The zero-order valence-electron chi connectivity index (χ0n) is 9.77. The van der Waals surface area contributed by atoms with Crippen molar-refractivity contribution in [2.75, 3.05) is 13.1 Å². The minimum Gasteiger partial charge on any atom is -0.338 e. The summed E-state index contributed by atoms with van der Waals surface area (Å²) in [6.07, 6.45) is 2.08. The van der Waals surface area contributed by atoms with Crippen LogP contribution in [0, 0.1) is 12.8 Å². The van der Waals surface area contributed by atoms with E-state index in [1.807, 2.05) is 6.92 Å². The van der Waals surface area contributed by atoms with Crippen LogP contribution in [0.1, 0.15) is 31.5 Å². The monoisotopic (exact) mass is 223 g/mol. The first kappa shape index (κ1) is 11.3. The summed E-state index contributed by atoms with van der Waals surface area (Å²) in [6, 6.07) is 0. The number of rotatable bonds is 3. The Labute approximate surface area is 94.8 Å². The molecule has 0 saturated carbocycles. The molecule has 1 aliphatic rings. The number of likely N-dealkylation sites (tertiary alicyclic amines) is 1. The summed E-state index contributed by atoms with van der Waals surface area (Å²) >= 11 is 0. The number of carbonyl (C=O) groups excluding carboxylic acids is 1. The lowest BCUT2D eigenvalue weighted by Gasteiger charge is -2.30. The van der Waals surface area contributed by atoms with Gasteiger partial charge in [0.1, 0.15) is 5.78 Å². The van der Waals surface area contributed by atoms with Gasteiger partial charge < -0.3 is 4.52 Å². The molecule has 1 aliphatic heterocycles. The fourth-order valence-corrected chi connectivity index (χ4v) is 2.13. The van der Waals surface area contributed by atoms with Crippen LogP contribution in [0.25, 0.3) is 0 Å². The lowest BCUT2D eigenvalue weighted by molar-refractivity contribution is -0.122. The van der Waals surface area contributed by atoms with E-state index < -0.39 is 0 Å². The van der Waals surface area contributed by atoms with Gasteiger partial charge in [0.05, 0.1) is 6.54 Å². The molecule has 16 heavy (non-hydrogen) atoms. The number of nitrogens with zero attached hydrogens (tertiary/aromatic N) is 3. The van der Waals surface area contributed by atoms with Crippen LogP contribution in [-0.2, 0) is 11.3 Å². The SMILES string of the molecule is CC(=O)C1CCCN(Cc2nc(C)no2)C1. The van der Waals surface area contributed by atoms with Gasteiger partial charge in [-0.15, -0.1) is 0 Å². The van der Waals surface area contributed by atoms with E-state index in [0.717, 1.165) is 25.9 Å². The molecule has 5 nitrogen and oxygen atoms in total. The first-order chi connectivity index (χ1) is 7.65. The third-order valence-corrected chi connectivity index (χ3v) is 3.01. The van der Waals surface area contributed by atoms with E-state index in [2.05, 4.69) is 15.0 Å². The molecule has 0 amide bonds. The Bertz CT molecular complexity index is 375. The molecule has 1 fully saturated rings. The molecule has 0 aliphatic carbocycles. The number of aryl methyl sites for hydroxylation is 1. The predicted octanol–water partition coefficient (Wildman–Crippen LogP) is 1.18. The minimum atomic E-state index is 0.178. The summed E-state index contributed by atoms with van der Waals surface area (Å²) in [5, 5.41) is 3.76. The Balaban J connectivity index is 1.92. The van der Waals surface area contributed by atoms with E-state index in [0.29, 0.717) is 18.3 Å². The molecule has 88 valence electrons. The van der Waals surface area contributed by atoms with Crippen molar-refractivity contribution in [3.8, 4) is 0 Å². The molecule has 0 N–H and O–H groups in total. The van der Waals surface area contributed by atoms with Gasteiger partial charge in [-0.3, -0.25) is 9.69 Å². The average molecular weight is 223 g/mol. The average Bonchev–Trinajstić information content (AvgIpc) is 2.64. The van der Waals surface area contributed by atoms with Gasteiger partial charge in [-0.25, -0.2) is 0 Å². The van der Waals surface area contributed by atoms with Gasteiger partial charge >= 0.3 is 0 Å². The molecular weight excluding hydrogens is 206 g/mol. The van der Waals surface area contributed by atoms with Crippen molar-refractivity contribution in [3.05, 3.63) is 11.7 Å². The summed E-state index contributed by atoms with van der Waals surface area (Å²) in [5.74, 6) is 1.76. The fourth-order valence-electron chi connectivity index (χ4n) is 2.13. The maximum absolute atomic E-state index is 11.3. The molecule has 5 heteroatoms. The molecule has 0 spiro atoms. The van der Waals surface area contributed by atoms with Crippen LogP contribution in [0.3, 0.4) is 0 Å². The molecule has 1 aromatic heterocycles. The Kier molecular flexibility index (Phi) is 3.33. The highest BCUT2D eigenvalue weighted by Crippen LogP contribution is 2.18. The van der Waals surface area contributed by atoms with E-state index in [1.165, 1.54) is 0 Å². The molecule has 0 aromatic carbocycles. The number of Topliss-reactive ketones (excluding diaryl/α,β-unsaturated/α-hetero) is 1. The van der Waals surface area contributed by atoms with E-state index in [1.54, 1.807) is 6.92 Å². The van der Waals surface area contributed by atoms with Gasteiger partial charge in [0.15, 0.2) is 5.82 Å².